The van der Waals surface area contributed by atoms with Crippen LogP contribution in [-0.4, -0.2) is 8.42 Å². The third-order valence-corrected chi connectivity index (χ3v) is 10.1. The van der Waals surface area contributed by atoms with Crippen molar-refractivity contribution >= 4 is 26.5 Å². The van der Waals surface area contributed by atoms with Gasteiger partial charge in [0.1, 0.15) is 5.82 Å². The molecule has 0 fully saturated rings. The highest BCUT2D eigenvalue weighted by atomic mass is 32.2. The van der Waals surface area contributed by atoms with Gasteiger partial charge < -0.3 is 0 Å². The number of para-hydroxylation sites is 1. The third kappa shape index (κ3) is 4.45. The molecule has 6 heteroatoms. The standard InChI is InChI=1S/C38H27FN2O2S/c1-24-7-12-27(13-8-24)36-31-20-11-26(22-40)21-33(31)37(28-14-16-29(39)17-15-28)38-32-5-3-4-6-35(32)41(23-34(36)38)44(42,43)30-18-9-25(2)10-19-30/h3-21H,23H2,1-2H3. The average Bonchev–Trinajstić information content (AvgIpc) is 3.04. The zero-order valence-electron chi connectivity index (χ0n) is 24.2. The van der Waals surface area contributed by atoms with Crippen LogP contribution in [0.4, 0.5) is 10.1 Å². The summed E-state index contributed by atoms with van der Waals surface area (Å²) in [7, 11) is -3.95. The van der Waals surface area contributed by atoms with E-state index < -0.39 is 10.0 Å². The Kier molecular flexibility index (Phi) is 6.57. The number of sulfonamides is 1. The summed E-state index contributed by atoms with van der Waals surface area (Å²) >= 11 is 0. The minimum atomic E-state index is -3.95. The van der Waals surface area contributed by atoms with Crippen molar-refractivity contribution in [3.63, 3.8) is 0 Å². The summed E-state index contributed by atoms with van der Waals surface area (Å²) in [5, 5.41) is 11.6. The number of anilines is 1. The smallest absolute Gasteiger partial charge is 0.261 e. The van der Waals surface area contributed by atoms with E-state index in [0.29, 0.717) is 11.3 Å². The summed E-state index contributed by atoms with van der Waals surface area (Å²) in [6.07, 6.45) is 0. The summed E-state index contributed by atoms with van der Waals surface area (Å²) in [5.41, 5.74) is 9.09. The largest absolute Gasteiger partial charge is 0.264 e. The number of benzene rings is 6. The molecule has 4 nitrogen and oxygen atoms in total. The summed E-state index contributed by atoms with van der Waals surface area (Å²) < 4.78 is 44.4. The number of nitrogens with zero attached hydrogens (tertiary/aromatic N) is 2. The molecule has 0 N–H and O–H groups in total. The van der Waals surface area contributed by atoms with Gasteiger partial charge in [-0.15, -0.1) is 0 Å². The molecule has 0 aliphatic carbocycles. The van der Waals surface area contributed by atoms with Crippen molar-refractivity contribution in [3.05, 3.63) is 143 Å². The van der Waals surface area contributed by atoms with Gasteiger partial charge in [0.2, 0.25) is 0 Å². The van der Waals surface area contributed by atoms with Crippen molar-refractivity contribution in [2.75, 3.05) is 4.31 Å². The first-order valence-electron chi connectivity index (χ1n) is 14.3. The Bertz CT molecular complexity index is 2230. The van der Waals surface area contributed by atoms with E-state index in [0.717, 1.165) is 60.8 Å². The fraction of sp³-hybridized carbons (Fsp3) is 0.0789. The van der Waals surface area contributed by atoms with Gasteiger partial charge in [0.05, 0.1) is 28.8 Å². The quantitative estimate of drug-likeness (QED) is 0.204. The predicted octanol–water partition coefficient (Wildman–Crippen LogP) is 9.18. The molecule has 7 rings (SSSR count). The number of rotatable bonds is 4. The van der Waals surface area contributed by atoms with Crippen LogP contribution >= 0.6 is 0 Å². The van der Waals surface area contributed by atoms with Crippen molar-refractivity contribution in [3.8, 4) is 39.4 Å². The van der Waals surface area contributed by atoms with Crippen LogP contribution in [0, 0.1) is 31.0 Å². The molecule has 1 aliphatic heterocycles. The van der Waals surface area contributed by atoms with Crippen LogP contribution < -0.4 is 4.31 Å². The van der Waals surface area contributed by atoms with Crippen molar-refractivity contribution in [2.45, 2.75) is 25.3 Å². The highest BCUT2D eigenvalue weighted by Crippen LogP contribution is 2.52. The lowest BCUT2D eigenvalue weighted by molar-refractivity contribution is 0.590. The number of fused-ring (bicyclic) bond motifs is 4. The van der Waals surface area contributed by atoms with E-state index in [1.165, 1.54) is 16.4 Å². The van der Waals surface area contributed by atoms with E-state index in [1.807, 2.05) is 62.4 Å². The number of hydrogen-bond acceptors (Lipinski definition) is 3. The molecule has 0 saturated heterocycles. The zero-order valence-corrected chi connectivity index (χ0v) is 25.0. The second kappa shape index (κ2) is 10.5. The molecule has 0 radical (unpaired) electrons. The lowest BCUT2D eigenvalue weighted by atomic mass is 9.79. The van der Waals surface area contributed by atoms with Crippen molar-refractivity contribution in [1.29, 1.82) is 5.26 Å². The molecule has 214 valence electrons. The molecule has 1 aliphatic rings. The van der Waals surface area contributed by atoms with Crippen molar-refractivity contribution in [2.24, 2.45) is 0 Å². The van der Waals surface area contributed by atoms with E-state index in [2.05, 4.69) is 18.2 Å². The first-order valence-corrected chi connectivity index (χ1v) is 15.7. The molecular formula is C38H27FN2O2S. The highest BCUT2D eigenvalue weighted by Gasteiger charge is 2.35. The third-order valence-electron chi connectivity index (χ3n) is 8.37. The Labute approximate surface area is 256 Å². The molecule has 6 aromatic rings. The Balaban J connectivity index is 1.63. The summed E-state index contributed by atoms with van der Waals surface area (Å²) in [6.45, 7) is 4.05. The first kappa shape index (κ1) is 27.6. The second-order valence-electron chi connectivity index (χ2n) is 11.2. The Hall–Kier alpha value is -5.25. The van der Waals surface area contributed by atoms with Crippen LogP contribution in [-0.2, 0) is 16.6 Å². The van der Waals surface area contributed by atoms with Crippen LogP contribution in [0.3, 0.4) is 0 Å². The van der Waals surface area contributed by atoms with Crippen molar-refractivity contribution < 1.29 is 12.8 Å². The van der Waals surface area contributed by atoms with E-state index in [9.17, 15) is 18.1 Å². The molecule has 0 aromatic heterocycles. The second-order valence-corrected chi connectivity index (χ2v) is 13.1. The first-order chi connectivity index (χ1) is 21.3. The van der Waals surface area contributed by atoms with Gasteiger partial charge in [0.15, 0.2) is 0 Å². The molecular weight excluding hydrogens is 567 g/mol. The molecule has 0 unspecified atom stereocenters. The van der Waals surface area contributed by atoms with Gasteiger partial charge >= 0.3 is 0 Å². The maximum atomic E-state index is 14.4. The Morgan fingerprint density at radius 2 is 1.32 bits per heavy atom. The SMILES string of the molecule is Cc1ccc(-c2c3c(c(-c4ccc(F)cc4)c4cc(C#N)ccc24)-c2ccccc2N(S(=O)(=O)c2ccc(C)cc2)C3)cc1. The van der Waals surface area contributed by atoms with E-state index >= 15 is 0 Å². The van der Waals surface area contributed by atoms with Gasteiger partial charge in [-0.1, -0.05) is 83.9 Å². The molecule has 0 saturated carbocycles. The molecule has 0 amide bonds. The Morgan fingerprint density at radius 1 is 0.705 bits per heavy atom. The molecule has 44 heavy (non-hydrogen) atoms. The van der Waals surface area contributed by atoms with Crippen LogP contribution in [0.2, 0.25) is 0 Å². The average molecular weight is 595 g/mol. The van der Waals surface area contributed by atoms with Crippen LogP contribution in [0.1, 0.15) is 22.3 Å². The van der Waals surface area contributed by atoms with Gasteiger partial charge in [-0.3, -0.25) is 4.31 Å². The molecule has 6 aromatic carbocycles. The van der Waals surface area contributed by atoms with Gasteiger partial charge in [0, 0.05) is 5.56 Å². The summed E-state index contributed by atoms with van der Waals surface area (Å²) in [6, 6.07) is 36.9. The normalized spacial score (nSPS) is 12.5. The summed E-state index contributed by atoms with van der Waals surface area (Å²) in [4.78, 5) is 0.219. The zero-order chi connectivity index (χ0) is 30.6. The molecule has 0 spiro atoms. The number of aryl methyl sites for hydroxylation is 2. The van der Waals surface area contributed by atoms with Crippen LogP contribution in [0.25, 0.3) is 44.2 Å². The maximum Gasteiger partial charge on any atom is 0.264 e. The van der Waals surface area contributed by atoms with Crippen molar-refractivity contribution in [1.82, 2.24) is 0 Å². The number of halogens is 1. The predicted molar refractivity (Wildman–Crippen MR) is 174 cm³/mol. The lowest BCUT2D eigenvalue weighted by Gasteiger charge is -2.35. The monoisotopic (exact) mass is 594 g/mol. The lowest BCUT2D eigenvalue weighted by Crippen LogP contribution is -2.33. The fourth-order valence-electron chi connectivity index (χ4n) is 6.22. The minimum absolute atomic E-state index is 0.0932. The fourth-order valence-corrected chi connectivity index (χ4v) is 7.67. The molecule has 1 heterocycles. The van der Waals surface area contributed by atoms with Gasteiger partial charge in [-0.2, -0.15) is 5.26 Å². The van der Waals surface area contributed by atoms with Gasteiger partial charge in [-0.05, 0) is 100 Å². The molecule has 0 atom stereocenters. The van der Waals surface area contributed by atoms with Crippen LogP contribution in [0.15, 0.2) is 120 Å². The molecule has 0 bridgehead atoms. The number of hydrogen-bond donors (Lipinski definition) is 0. The topological polar surface area (TPSA) is 61.2 Å². The van der Waals surface area contributed by atoms with Gasteiger partial charge in [-0.25, -0.2) is 12.8 Å². The van der Waals surface area contributed by atoms with Crippen LogP contribution in [0.5, 0.6) is 0 Å². The number of nitriles is 1. The Morgan fingerprint density at radius 3 is 2.00 bits per heavy atom. The minimum Gasteiger partial charge on any atom is -0.261 e. The van der Waals surface area contributed by atoms with E-state index in [-0.39, 0.29) is 17.3 Å². The van der Waals surface area contributed by atoms with Gasteiger partial charge in [0.25, 0.3) is 10.0 Å². The highest BCUT2D eigenvalue weighted by molar-refractivity contribution is 7.92. The van der Waals surface area contributed by atoms with E-state index in [1.54, 1.807) is 42.5 Å². The van der Waals surface area contributed by atoms with E-state index in [4.69, 9.17) is 0 Å². The summed E-state index contributed by atoms with van der Waals surface area (Å²) in [5.74, 6) is -0.350. The maximum absolute atomic E-state index is 14.4.